The number of rotatable bonds is 5. The van der Waals surface area contributed by atoms with E-state index in [0.717, 1.165) is 25.5 Å². The Kier molecular flexibility index (Phi) is 4.53. The molecular formula is C14H23N3O. The van der Waals surface area contributed by atoms with Crippen LogP contribution in [0.3, 0.4) is 0 Å². The zero-order chi connectivity index (χ0) is 13.0. The third-order valence-corrected chi connectivity index (χ3v) is 3.82. The van der Waals surface area contributed by atoms with Gasteiger partial charge in [0.05, 0.1) is 0 Å². The van der Waals surface area contributed by atoms with Gasteiger partial charge in [-0.25, -0.2) is 4.98 Å². The van der Waals surface area contributed by atoms with Crippen LogP contribution < -0.4 is 0 Å². The Labute approximate surface area is 109 Å². The molecule has 1 aliphatic rings. The third kappa shape index (κ3) is 3.42. The van der Waals surface area contributed by atoms with Crippen LogP contribution in [0.1, 0.15) is 38.4 Å². The lowest BCUT2D eigenvalue weighted by Gasteiger charge is -2.35. The Balaban J connectivity index is 1.89. The second-order valence-corrected chi connectivity index (χ2v) is 5.26. The molecule has 1 atom stereocenters. The second kappa shape index (κ2) is 6.14. The number of imidazole rings is 1. The molecule has 2 rings (SSSR count). The molecule has 2 heterocycles. The van der Waals surface area contributed by atoms with Crippen LogP contribution in [0.4, 0.5) is 0 Å². The Morgan fingerprint density at radius 1 is 1.44 bits per heavy atom. The largest absolute Gasteiger partial charge is 0.334 e. The van der Waals surface area contributed by atoms with Crippen molar-refractivity contribution in [3.63, 3.8) is 0 Å². The van der Waals surface area contributed by atoms with Gasteiger partial charge in [-0.2, -0.15) is 0 Å². The van der Waals surface area contributed by atoms with Gasteiger partial charge in [0, 0.05) is 37.9 Å². The normalized spacial score (nSPS) is 21.1. The highest BCUT2D eigenvalue weighted by Crippen LogP contribution is 2.19. The van der Waals surface area contributed by atoms with E-state index in [9.17, 15) is 4.79 Å². The summed E-state index contributed by atoms with van der Waals surface area (Å²) < 4.78 is 2.18. The number of hydrogen-bond donors (Lipinski definition) is 0. The van der Waals surface area contributed by atoms with Gasteiger partial charge in [-0.05, 0) is 33.2 Å². The van der Waals surface area contributed by atoms with Crippen molar-refractivity contribution >= 4 is 5.78 Å². The summed E-state index contributed by atoms with van der Waals surface area (Å²) in [7, 11) is 0. The van der Waals surface area contributed by atoms with Crippen LogP contribution in [0.2, 0.25) is 0 Å². The lowest BCUT2D eigenvalue weighted by molar-refractivity contribution is -0.118. The number of hydrogen-bond acceptors (Lipinski definition) is 3. The van der Waals surface area contributed by atoms with E-state index in [2.05, 4.69) is 14.5 Å². The molecule has 1 aromatic heterocycles. The van der Waals surface area contributed by atoms with Crippen LogP contribution in [0.25, 0.3) is 0 Å². The average Bonchev–Trinajstić information content (AvgIpc) is 2.73. The van der Waals surface area contributed by atoms with Crippen molar-refractivity contribution in [1.82, 2.24) is 14.5 Å². The maximum atomic E-state index is 11.3. The second-order valence-electron chi connectivity index (χ2n) is 5.26. The van der Waals surface area contributed by atoms with Crippen molar-refractivity contribution in [2.45, 2.75) is 52.1 Å². The van der Waals surface area contributed by atoms with Crippen molar-refractivity contribution in [3.05, 3.63) is 18.2 Å². The van der Waals surface area contributed by atoms with Gasteiger partial charge in [-0.15, -0.1) is 0 Å². The molecule has 1 aliphatic heterocycles. The highest BCUT2D eigenvalue weighted by Gasteiger charge is 2.23. The van der Waals surface area contributed by atoms with Crippen molar-refractivity contribution in [3.8, 4) is 0 Å². The van der Waals surface area contributed by atoms with Gasteiger partial charge < -0.3 is 4.57 Å². The smallest absolute Gasteiger partial charge is 0.131 e. The van der Waals surface area contributed by atoms with Crippen LogP contribution in [0.5, 0.6) is 0 Å². The summed E-state index contributed by atoms with van der Waals surface area (Å²) >= 11 is 0. The quantitative estimate of drug-likeness (QED) is 0.801. The van der Waals surface area contributed by atoms with E-state index in [0.29, 0.717) is 18.2 Å². The molecule has 0 amide bonds. The van der Waals surface area contributed by atoms with Gasteiger partial charge in [0.15, 0.2) is 0 Å². The summed E-state index contributed by atoms with van der Waals surface area (Å²) in [6.45, 7) is 6.86. The summed E-state index contributed by atoms with van der Waals surface area (Å²) in [5.41, 5.74) is 0. The predicted molar refractivity (Wildman–Crippen MR) is 71.5 cm³/mol. The van der Waals surface area contributed by atoms with E-state index < -0.39 is 0 Å². The predicted octanol–water partition coefficient (Wildman–Crippen LogP) is 2.03. The van der Waals surface area contributed by atoms with Crippen molar-refractivity contribution < 1.29 is 4.79 Å². The Bertz CT molecular complexity index is 399. The molecule has 18 heavy (non-hydrogen) atoms. The average molecular weight is 249 g/mol. The molecule has 4 nitrogen and oxygen atoms in total. The first-order valence-corrected chi connectivity index (χ1v) is 6.88. The van der Waals surface area contributed by atoms with E-state index in [-0.39, 0.29) is 0 Å². The minimum Gasteiger partial charge on any atom is -0.334 e. The fraction of sp³-hybridized carbons (Fsp3) is 0.714. The SMILES string of the molecule is CC(=O)CC1CCCCN1CCn1ccnc1C. The molecule has 1 aromatic rings. The minimum atomic E-state index is 0.311. The first kappa shape index (κ1) is 13.3. The number of Topliss-reactive ketones (excluding diaryl/α,β-unsaturated/α-hetero) is 1. The van der Waals surface area contributed by atoms with Crippen LogP contribution in [0, 0.1) is 6.92 Å². The number of ketones is 1. The van der Waals surface area contributed by atoms with Gasteiger partial charge in [-0.3, -0.25) is 9.69 Å². The number of carbonyl (C=O) groups excluding carboxylic acids is 1. The molecule has 0 aliphatic carbocycles. The van der Waals surface area contributed by atoms with Crippen LogP contribution in [0.15, 0.2) is 12.4 Å². The summed E-state index contributed by atoms with van der Waals surface area (Å²) in [6, 6.07) is 0.458. The molecule has 4 heteroatoms. The molecule has 0 aromatic carbocycles. The van der Waals surface area contributed by atoms with Crippen LogP contribution >= 0.6 is 0 Å². The molecular weight excluding hydrogens is 226 g/mol. The molecule has 100 valence electrons. The molecule has 0 bridgehead atoms. The fourth-order valence-corrected chi connectivity index (χ4v) is 2.79. The van der Waals surface area contributed by atoms with E-state index in [4.69, 9.17) is 0 Å². The van der Waals surface area contributed by atoms with E-state index in [1.54, 1.807) is 6.92 Å². The Morgan fingerprint density at radius 3 is 2.94 bits per heavy atom. The third-order valence-electron chi connectivity index (χ3n) is 3.82. The molecule has 0 radical (unpaired) electrons. The van der Waals surface area contributed by atoms with E-state index in [1.807, 2.05) is 19.3 Å². The number of aryl methyl sites for hydroxylation is 1. The van der Waals surface area contributed by atoms with Gasteiger partial charge in [-0.1, -0.05) is 6.42 Å². The summed E-state index contributed by atoms with van der Waals surface area (Å²) in [5, 5.41) is 0. The Morgan fingerprint density at radius 2 is 2.28 bits per heavy atom. The highest BCUT2D eigenvalue weighted by molar-refractivity contribution is 5.76. The first-order chi connectivity index (χ1) is 8.66. The number of likely N-dealkylation sites (tertiary alicyclic amines) is 1. The van der Waals surface area contributed by atoms with Crippen molar-refractivity contribution in [1.29, 1.82) is 0 Å². The number of carbonyl (C=O) groups is 1. The van der Waals surface area contributed by atoms with Crippen molar-refractivity contribution in [2.75, 3.05) is 13.1 Å². The number of aromatic nitrogens is 2. The van der Waals surface area contributed by atoms with Crippen LogP contribution in [-0.2, 0) is 11.3 Å². The standard InChI is InChI=1S/C14H23N3O/c1-12(18)11-14-5-3-4-7-17(14)10-9-16-8-6-15-13(16)2/h6,8,14H,3-5,7,9-11H2,1-2H3. The zero-order valence-electron chi connectivity index (χ0n) is 11.4. The van der Waals surface area contributed by atoms with Crippen LogP contribution in [-0.4, -0.2) is 39.4 Å². The first-order valence-electron chi connectivity index (χ1n) is 6.88. The molecule has 0 N–H and O–H groups in total. The topological polar surface area (TPSA) is 38.1 Å². The molecule has 0 spiro atoms. The number of nitrogens with zero attached hydrogens (tertiary/aromatic N) is 3. The fourth-order valence-electron chi connectivity index (χ4n) is 2.79. The lowest BCUT2D eigenvalue weighted by atomic mass is 9.98. The van der Waals surface area contributed by atoms with E-state index in [1.165, 1.54) is 19.3 Å². The molecule has 1 unspecified atom stereocenters. The maximum absolute atomic E-state index is 11.3. The van der Waals surface area contributed by atoms with Gasteiger partial charge in [0.1, 0.15) is 11.6 Å². The monoisotopic (exact) mass is 249 g/mol. The maximum Gasteiger partial charge on any atom is 0.131 e. The van der Waals surface area contributed by atoms with Gasteiger partial charge in [0.25, 0.3) is 0 Å². The molecule has 1 saturated heterocycles. The molecule has 0 saturated carbocycles. The lowest BCUT2D eigenvalue weighted by Crippen LogP contribution is -2.42. The van der Waals surface area contributed by atoms with Gasteiger partial charge >= 0.3 is 0 Å². The van der Waals surface area contributed by atoms with Gasteiger partial charge in [0.2, 0.25) is 0 Å². The van der Waals surface area contributed by atoms with Crippen molar-refractivity contribution in [2.24, 2.45) is 0 Å². The van der Waals surface area contributed by atoms with E-state index >= 15 is 0 Å². The summed E-state index contributed by atoms with van der Waals surface area (Å²) in [6.07, 6.45) is 8.28. The zero-order valence-corrected chi connectivity index (χ0v) is 11.4. The Hall–Kier alpha value is -1.16. The number of piperidine rings is 1. The molecule has 1 fully saturated rings. The minimum absolute atomic E-state index is 0.311. The highest BCUT2D eigenvalue weighted by atomic mass is 16.1. The summed E-state index contributed by atoms with van der Waals surface area (Å²) in [5.74, 6) is 1.38. The summed E-state index contributed by atoms with van der Waals surface area (Å²) in [4.78, 5) is 18.0.